The summed E-state index contributed by atoms with van der Waals surface area (Å²) in [4.78, 5) is 23.3. The van der Waals surface area contributed by atoms with Gasteiger partial charge in [0.1, 0.15) is 17.6 Å². The van der Waals surface area contributed by atoms with Crippen molar-refractivity contribution in [3.05, 3.63) is 17.0 Å². The molecule has 1 amide bonds. The molecule has 1 aromatic heterocycles. The number of hydrogen-bond acceptors (Lipinski definition) is 5. The summed E-state index contributed by atoms with van der Waals surface area (Å²) < 4.78 is 5.25. The number of rotatable bonds is 6. The van der Waals surface area contributed by atoms with Crippen molar-refractivity contribution < 1.29 is 9.53 Å². The predicted octanol–water partition coefficient (Wildman–Crippen LogP) is 1.19. The molecule has 0 atom stereocenters. The molecule has 1 aromatic rings. The van der Waals surface area contributed by atoms with E-state index in [0.717, 1.165) is 0 Å². The van der Waals surface area contributed by atoms with Crippen molar-refractivity contribution in [3.8, 4) is 0 Å². The average Bonchev–Trinajstić information content (AvgIpc) is 2.35. The van der Waals surface area contributed by atoms with Crippen LogP contribution in [0.4, 0.5) is 5.82 Å². The molecule has 6 nitrogen and oxygen atoms in total. The van der Waals surface area contributed by atoms with Gasteiger partial charge in [-0.2, -0.15) is 0 Å². The van der Waals surface area contributed by atoms with Crippen molar-refractivity contribution in [2.24, 2.45) is 0 Å². The first-order chi connectivity index (χ1) is 8.93. The SMILES string of the molecule is CCOCc1nc(Cl)cc(N(C)CC(=O)N(C)C)n1. The molecule has 0 fully saturated rings. The van der Waals surface area contributed by atoms with E-state index in [2.05, 4.69) is 9.97 Å². The summed E-state index contributed by atoms with van der Waals surface area (Å²) in [6, 6.07) is 1.62. The van der Waals surface area contributed by atoms with Gasteiger partial charge in [0.05, 0.1) is 6.54 Å². The Morgan fingerprint density at radius 2 is 2.05 bits per heavy atom. The normalized spacial score (nSPS) is 10.4. The molecule has 19 heavy (non-hydrogen) atoms. The Morgan fingerprint density at radius 3 is 2.63 bits per heavy atom. The quantitative estimate of drug-likeness (QED) is 0.735. The molecule has 0 saturated heterocycles. The van der Waals surface area contributed by atoms with Gasteiger partial charge in [0.2, 0.25) is 5.91 Å². The number of aromatic nitrogens is 2. The lowest BCUT2D eigenvalue weighted by Gasteiger charge is -2.20. The molecule has 0 aliphatic rings. The van der Waals surface area contributed by atoms with E-state index in [9.17, 15) is 4.79 Å². The van der Waals surface area contributed by atoms with Gasteiger partial charge in [-0.3, -0.25) is 4.79 Å². The van der Waals surface area contributed by atoms with E-state index in [1.807, 2.05) is 6.92 Å². The smallest absolute Gasteiger partial charge is 0.241 e. The standard InChI is InChI=1S/C12H19ClN4O2/c1-5-19-8-10-14-9(13)6-11(15-10)17(4)7-12(18)16(2)3/h6H,5,7-8H2,1-4H3. The number of hydrogen-bond donors (Lipinski definition) is 0. The highest BCUT2D eigenvalue weighted by Crippen LogP contribution is 2.15. The van der Waals surface area contributed by atoms with Gasteiger partial charge in [0.25, 0.3) is 0 Å². The molecule has 0 aromatic carbocycles. The summed E-state index contributed by atoms with van der Waals surface area (Å²) in [5, 5.41) is 0.337. The molecular weight excluding hydrogens is 268 g/mol. The molecule has 0 bridgehead atoms. The van der Waals surface area contributed by atoms with Gasteiger partial charge in [-0.25, -0.2) is 9.97 Å². The number of amides is 1. The van der Waals surface area contributed by atoms with Crippen LogP contribution < -0.4 is 4.90 Å². The van der Waals surface area contributed by atoms with Crippen LogP contribution in [0.5, 0.6) is 0 Å². The third-order valence-corrected chi connectivity index (χ3v) is 2.62. The molecule has 0 unspecified atom stereocenters. The Bertz CT molecular complexity index is 440. The molecule has 7 heteroatoms. The van der Waals surface area contributed by atoms with Crippen LogP contribution in [0, 0.1) is 0 Å². The Kier molecular flexibility index (Phi) is 5.98. The van der Waals surface area contributed by atoms with E-state index in [0.29, 0.717) is 30.0 Å². The number of carbonyl (C=O) groups excluding carboxylic acids is 1. The summed E-state index contributed by atoms with van der Waals surface area (Å²) in [7, 11) is 5.21. The van der Waals surface area contributed by atoms with Crippen molar-refractivity contribution in [2.45, 2.75) is 13.5 Å². The fourth-order valence-electron chi connectivity index (χ4n) is 1.33. The molecule has 106 valence electrons. The van der Waals surface area contributed by atoms with Crippen LogP contribution in [0.1, 0.15) is 12.7 Å². The van der Waals surface area contributed by atoms with E-state index in [1.54, 1.807) is 32.1 Å². The van der Waals surface area contributed by atoms with Crippen LogP contribution in [-0.2, 0) is 16.1 Å². The zero-order valence-corrected chi connectivity index (χ0v) is 12.4. The maximum Gasteiger partial charge on any atom is 0.241 e. The molecular formula is C12H19ClN4O2. The highest BCUT2D eigenvalue weighted by atomic mass is 35.5. The molecule has 0 N–H and O–H groups in total. The zero-order valence-electron chi connectivity index (χ0n) is 11.7. The van der Waals surface area contributed by atoms with Crippen molar-refractivity contribution in [2.75, 3.05) is 39.2 Å². The minimum absolute atomic E-state index is 0.0106. The Hall–Kier alpha value is -1.40. The highest BCUT2D eigenvalue weighted by Gasteiger charge is 2.12. The minimum atomic E-state index is -0.0106. The molecule has 1 rings (SSSR count). The molecule has 0 spiro atoms. The van der Waals surface area contributed by atoms with Crippen LogP contribution >= 0.6 is 11.6 Å². The fraction of sp³-hybridized carbons (Fsp3) is 0.583. The van der Waals surface area contributed by atoms with E-state index in [-0.39, 0.29) is 12.5 Å². The van der Waals surface area contributed by atoms with Crippen molar-refractivity contribution in [1.82, 2.24) is 14.9 Å². The lowest BCUT2D eigenvalue weighted by Crippen LogP contribution is -2.34. The number of likely N-dealkylation sites (N-methyl/N-ethyl adjacent to an activating group) is 2. The first-order valence-corrected chi connectivity index (χ1v) is 6.34. The predicted molar refractivity (Wildman–Crippen MR) is 74.3 cm³/mol. The van der Waals surface area contributed by atoms with Gasteiger partial charge in [-0.05, 0) is 6.92 Å². The summed E-state index contributed by atoms with van der Waals surface area (Å²) in [5.74, 6) is 1.10. The van der Waals surface area contributed by atoms with Gasteiger partial charge in [-0.1, -0.05) is 11.6 Å². The van der Waals surface area contributed by atoms with Crippen LogP contribution in [0.3, 0.4) is 0 Å². The number of anilines is 1. The molecule has 1 heterocycles. The lowest BCUT2D eigenvalue weighted by molar-refractivity contribution is -0.127. The van der Waals surface area contributed by atoms with E-state index < -0.39 is 0 Å². The number of carbonyl (C=O) groups is 1. The highest BCUT2D eigenvalue weighted by molar-refractivity contribution is 6.29. The third kappa shape index (κ3) is 5.00. The average molecular weight is 287 g/mol. The Labute approximate surface area is 118 Å². The first kappa shape index (κ1) is 15.7. The maximum absolute atomic E-state index is 11.7. The zero-order chi connectivity index (χ0) is 14.4. The third-order valence-electron chi connectivity index (χ3n) is 2.43. The van der Waals surface area contributed by atoms with Gasteiger partial charge in [-0.15, -0.1) is 0 Å². The van der Waals surface area contributed by atoms with Crippen molar-refractivity contribution in [1.29, 1.82) is 0 Å². The Balaban J connectivity index is 2.81. The van der Waals surface area contributed by atoms with Crippen molar-refractivity contribution >= 4 is 23.3 Å². The van der Waals surface area contributed by atoms with Gasteiger partial charge < -0.3 is 14.5 Å². The van der Waals surface area contributed by atoms with Gasteiger partial charge >= 0.3 is 0 Å². The molecule has 0 aliphatic carbocycles. The number of halogens is 1. The minimum Gasteiger partial charge on any atom is -0.374 e. The van der Waals surface area contributed by atoms with E-state index in [4.69, 9.17) is 16.3 Å². The lowest BCUT2D eigenvalue weighted by atomic mass is 10.4. The summed E-state index contributed by atoms with van der Waals surface area (Å²) in [5.41, 5.74) is 0. The van der Waals surface area contributed by atoms with Crippen LogP contribution in [-0.4, -0.2) is 55.1 Å². The number of ether oxygens (including phenoxy) is 1. The Morgan fingerprint density at radius 1 is 1.37 bits per heavy atom. The first-order valence-electron chi connectivity index (χ1n) is 5.96. The topological polar surface area (TPSA) is 58.6 Å². The second kappa shape index (κ2) is 7.25. The van der Waals surface area contributed by atoms with E-state index in [1.165, 1.54) is 4.90 Å². The van der Waals surface area contributed by atoms with E-state index >= 15 is 0 Å². The maximum atomic E-state index is 11.7. The van der Waals surface area contributed by atoms with Gasteiger partial charge in [0.15, 0.2) is 5.82 Å². The fourth-order valence-corrected chi connectivity index (χ4v) is 1.53. The number of nitrogens with zero attached hydrogens (tertiary/aromatic N) is 4. The van der Waals surface area contributed by atoms with Crippen LogP contribution in [0.2, 0.25) is 5.15 Å². The summed E-state index contributed by atoms with van der Waals surface area (Å²) >= 11 is 5.94. The second-order valence-corrected chi connectivity index (χ2v) is 4.63. The summed E-state index contributed by atoms with van der Waals surface area (Å²) in [6.07, 6.45) is 0. The van der Waals surface area contributed by atoms with Crippen LogP contribution in [0.15, 0.2) is 6.07 Å². The molecule has 0 saturated carbocycles. The second-order valence-electron chi connectivity index (χ2n) is 4.25. The largest absolute Gasteiger partial charge is 0.374 e. The van der Waals surface area contributed by atoms with Crippen LogP contribution in [0.25, 0.3) is 0 Å². The van der Waals surface area contributed by atoms with Gasteiger partial charge in [0, 0.05) is 33.8 Å². The molecule has 0 radical (unpaired) electrons. The monoisotopic (exact) mass is 286 g/mol. The van der Waals surface area contributed by atoms with Crippen molar-refractivity contribution in [3.63, 3.8) is 0 Å². The molecule has 0 aliphatic heterocycles. The summed E-state index contributed by atoms with van der Waals surface area (Å²) in [6.45, 7) is 3.02.